The summed E-state index contributed by atoms with van der Waals surface area (Å²) in [5.41, 5.74) is 7.41. The molecule has 0 fully saturated rings. The topological polar surface area (TPSA) is 106 Å². The molecule has 0 atom stereocenters. The highest BCUT2D eigenvalue weighted by atomic mass is 16.6. The van der Waals surface area contributed by atoms with E-state index in [2.05, 4.69) is 0 Å². The molecule has 1 aliphatic rings. The van der Waals surface area contributed by atoms with Gasteiger partial charge in [-0.2, -0.15) is 5.26 Å². The molecule has 2 N–H and O–H groups in total. The Bertz CT molecular complexity index is 1060. The Morgan fingerprint density at radius 3 is 2.24 bits per heavy atom. The molecule has 0 spiro atoms. The minimum absolute atomic E-state index is 0.0547. The van der Waals surface area contributed by atoms with E-state index < -0.39 is 11.9 Å². The predicted octanol–water partition coefficient (Wildman–Crippen LogP) is 3.38. The third kappa shape index (κ3) is 2.03. The Hall–Kier alpha value is -3.85. The van der Waals surface area contributed by atoms with Gasteiger partial charge in [0.2, 0.25) is 0 Å². The van der Waals surface area contributed by atoms with Crippen LogP contribution in [0.25, 0.3) is 22.5 Å². The lowest BCUT2D eigenvalue weighted by molar-refractivity contribution is 0.0444. The number of fused-ring (bicyclic) bond motifs is 1. The third-order valence-corrected chi connectivity index (χ3v) is 4.07. The van der Waals surface area contributed by atoms with Gasteiger partial charge in [0.25, 0.3) is 0 Å². The number of nitrogens with two attached hydrogens (primary N) is 1. The van der Waals surface area contributed by atoms with E-state index in [1.807, 2.05) is 12.1 Å². The largest absolute Gasteiger partial charge is 0.464 e. The van der Waals surface area contributed by atoms with Crippen molar-refractivity contribution in [3.8, 4) is 28.5 Å². The van der Waals surface area contributed by atoms with Gasteiger partial charge in [0, 0.05) is 11.1 Å². The number of carbonyl (C=O) groups excluding carboxylic acids is 2. The Kier molecular flexibility index (Phi) is 3.15. The number of hydrogen-bond donors (Lipinski definition) is 1. The van der Waals surface area contributed by atoms with Crippen molar-refractivity contribution in [2.75, 3.05) is 5.73 Å². The Morgan fingerprint density at radius 1 is 0.880 bits per heavy atom. The van der Waals surface area contributed by atoms with Crippen LogP contribution < -0.4 is 5.73 Å². The molecule has 6 nitrogen and oxygen atoms in total. The first kappa shape index (κ1) is 14.7. The maximum Gasteiger partial charge on any atom is 0.349 e. The van der Waals surface area contributed by atoms with Crippen LogP contribution in [0.3, 0.4) is 0 Å². The van der Waals surface area contributed by atoms with Crippen molar-refractivity contribution in [1.29, 1.82) is 5.26 Å². The minimum atomic E-state index is -0.850. The molecule has 1 aromatic heterocycles. The van der Waals surface area contributed by atoms with E-state index in [0.717, 1.165) is 0 Å². The van der Waals surface area contributed by atoms with E-state index in [9.17, 15) is 14.9 Å². The number of esters is 2. The van der Waals surface area contributed by atoms with Gasteiger partial charge in [-0.15, -0.1) is 0 Å². The number of furan rings is 1. The number of nitrogens with zero attached hydrogens (tertiary/aromatic N) is 1. The molecule has 0 unspecified atom stereocenters. The average molecular weight is 330 g/mol. The van der Waals surface area contributed by atoms with Crippen molar-refractivity contribution in [3.05, 3.63) is 65.4 Å². The van der Waals surface area contributed by atoms with Crippen LogP contribution in [0.2, 0.25) is 0 Å². The van der Waals surface area contributed by atoms with Crippen LogP contribution in [0, 0.1) is 11.3 Å². The number of hydrogen-bond acceptors (Lipinski definition) is 6. The average Bonchev–Trinajstić information content (AvgIpc) is 3.24. The summed E-state index contributed by atoms with van der Waals surface area (Å²) in [6.07, 6.45) is 1.46. The second-order valence-electron chi connectivity index (χ2n) is 5.42. The van der Waals surface area contributed by atoms with Crippen LogP contribution >= 0.6 is 0 Å². The van der Waals surface area contributed by atoms with Crippen LogP contribution in [0.1, 0.15) is 26.3 Å². The number of nitriles is 1. The molecule has 2 heterocycles. The fourth-order valence-electron chi connectivity index (χ4n) is 3.05. The SMILES string of the molecule is N#Cc1c(N)c2c(c(-c3ccccc3)c1-c1ccco1)C(=O)OC2=O. The zero-order chi connectivity index (χ0) is 17.6. The molecule has 1 aliphatic heterocycles. The van der Waals surface area contributed by atoms with Crippen molar-refractivity contribution >= 4 is 17.6 Å². The summed E-state index contributed by atoms with van der Waals surface area (Å²) in [6, 6.07) is 14.3. The van der Waals surface area contributed by atoms with Gasteiger partial charge in [0.05, 0.1) is 28.6 Å². The lowest BCUT2D eigenvalue weighted by Crippen LogP contribution is -2.07. The van der Waals surface area contributed by atoms with Gasteiger partial charge in [0.15, 0.2) is 0 Å². The molecule has 0 bridgehead atoms. The molecule has 0 saturated heterocycles. The van der Waals surface area contributed by atoms with Gasteiger partial charge < -0.3 is 14.9 Å². The number of cyclic esters (lactones) is 2. The van der Waals surface area contributed by atoms with Crippen molar-refractivity contribution in [2.24, 2.45) is 0 Å². The van der Waals surface area contributed by atoms with Crippen LogP contribution in [0.15, 0.2) is 53.1 Å². The summed E-state index contributed by atoms with van der Waals surface area (Å²) in [6.45, 7) is 0. The lowest BCUT2D eigenvalue weighted by Gasteiger charge is -2.15. The molecular weight excluding hydrogens is 320 g/mol. The minimum Gasteiger partial charge on any atom is -0.464 e. The van der Waals surface area contributed by atoms with Crippen molar-refractivity contribution in [2.45, 2.75) is 0 Å². The number of nitrogen functional groups attached to an aromatic ring is 1. The Labute approximate surface area is 142 Å². The first-order chi connectivity index (χ1) is 12.1. The summed E-state index contributed by atoms with van der Waals surface area (Å²) in [4.78, 5) is 24.4. The molecule has 3 aromatic rings. The summed E-state index contributed by atoms with van der Waals surface area (Å²) in [7, 11) is 0. The predicted molar refractivity (Wildman–Crippen MR) is 88.5 cm³/mol. The highest BCUT2D eigenvalue weighted by Gasteiger charge is 2.39. The van der Waals surface area contributed by atoms with Gasteiger partial charge in [-0.05, 0) is 17.7 Å². The van der Waals surface area contributed by atoms with Gasteiger partial charge >= 0.3 is 11.9 Å². The molecule has 0 amide bonds. The van der Waals surface area contributed by atoms with Gasteiger partial charge in [-0.3, -0.25) is 0 Å². The molecular formula is C19H10N2O4. The lowest BCUT2D eigenvalue weighted by atomic mass is 9.86. The number of carbonyl (C=O) groups is 2. The van der Waals surface area contributed by atoms with Crippen LogP contribution in [0.4, 0.5) is 5.69 Å². The maximum absolute atomic E-state index is 12.3. The van der Waals surface area contributed by atoms with Gasteiger partial charge in [-0.25, -0.2) is 9.59 Å². The highest BCUT2D eigenvalue weighted by molar-refractivity contribution is 6.23. The normalized spacial score (nSPS) is 12.6. The number of anilines is 1. The molecule has 2 aromatic carbocycles. The summed E-state index contributed by atoms with van der Waals surface area (Å²) >= 11 is 0. The molecule has 120 valence electrons. The molecule has 4 rings (SSSR count). The Morgan fingerprint density at radius 2 is 1.60 bits per heavy atom. The summed E-state index contributed by atoms with van der Waals surface area (Å²) in [5, 5.41) is 9.64. The third-order valence-electron chi connectivity index (χ3n) is 4.07. The maximum atomic E-state index is 12.3. The van der Waals surface area contributed by atoms with Crippen LogP contribution in [-0.2, 0) is 4.74 Å². The van der Waals surface area contributed by atoms with Gasteiger partial charge in [-0.1, -0.05) is 30.3 Å². The monoisotopic (exact) mass is 330 g/mol. The standard InChI is InChI=1S/C19H10N2O4/c20-9-11-14(12-7-4-8-24-12)13(10-5-2-1-3-6-10)15-16(17(11)21)19(23)25-18(15)22/h1-8H,21H2. The smallest absolute Gasteiger partial charge is 0.349 e. The number of rotatable bonds is 2. The fraction of sp³-hybridized carbons (Fsp3) is 0. The van der Waals surface area contributed by atoms with Crippen molar-refractivity contribution in [1.82, 2.24) is 0 Å². The number of benzene rings is 2. The zero-order valence-corrected chi connectivity index (χ0v) is 12.8. The molecule has 6 heteroatoms. The molecule has 0 aliphatic carbocycles. The fourth-order valence-corrected chi connectivity index (χ4v) is 3.05. The first-order valence-corrected chi connectivity index (χ1v) is 7.38. The van der Waals surface area contributed by atoms with Crippen molar-refractivity contribution in [3.63, 3.8) is 0 Å². The molecule has 0 saturated carbocycles. The first-order valence-electron chi connectivity index (χ1n) is 7.38. The van der Waals surface area contributed by atoms with E-state index in [-0.39, 0.29) is 22.4 Å². The highest BCUT2D eigenvalue weighted by Crippen LogP contribution is 2.45. The van der Waals surface area contributed by atoms with E-state index in [1.165, 1.54) is 6.26 Å². The van der Waals surface area contributed by atoms with E-state index >= 15 is 0 Å². The Balaban J connectivity index is 2.23. The van der Waals surface area contributed by atoms with Crippen LogP contribution in [0.5, 0.6) is 0 Å². The van der Waals surface area contributed by atoms with Crippen LogP contribution in [-0.4, -0.2) is 11.9 Å². The van der Waals surface area contributed by atoms with Gasteiger partial charge in [0.1, 0.15) is 11.8 Å². The van der Waals surface area contributed by atoms with E-state index in [1.54, 1.807) is 36.4 Å². The summed E-state index contributed by atoms with van der Waals surface area (Å²) < 4.78 is 10.2. The molecule has 25 heavy (non-hydrogen) atoms. The quantitative estimate of drug-likeness (QED) is 0.438. The van der Waals surface area contributed by atoms with E-state index in [0.29, 0.717) is 22.5 Å². The van der Waals surface area contributed by atoms with Crippen molar-refractivity contribution < 1.29 is 18.7 Å². The molecule has 0 radical (unpaired) electrons. The zero-order valence-electron chi connectivity index (χ0n) is 12.8. The second kappa shape index (κ2) is 5.35. The second-order valence-corrected chi connectivity index (χ2v) is 5.42. The number of ether oxygens (including phenoxy) is 1. The summed E-state index contributed by atoms with van der Waals surface area (Å²) in [5.74, 6) is -1.27. The van der Waals surface area contributed by atoms with E-state index in [4.69, 9.17) is 14.9 Å².